The van der Waals surface area contributed by atoms with Crippen molar-refractivity contribution in [3.05, 3.63) is 35.4 Å². The molecule has 1 atom stereocenters. The van der Waals surface area contributed by atoms with Crippen molar-refractivity contribution >= 4 is 5.91 Å². The van der Waals surface area contributed by atoms with E-state index in [1.807, 2.05) is 50.8 Å². The van der Waals surface area contributed by atoms with E-state index in [2.05, 4.69) is 15.5 Å². The molecule has 0 bridgehead atoms. The van der Waals surface area contributed by atoms with Gasteiger partial charge in [0.1, 0.15) is 6.04 Å². The normalized spacial score (nSPS) is 12.4. The zero-order chi connectivity index (χ0) is 14.7. The maximum atomic E-state index is 12.1. The van der Waals surface area contributed by atoms with Gasteiger partial charge in [-0.1, -0.05) is 0 Å². The number of nitrogens with one attached hydrogen (secondary N) is 1. The molecule has 0 aromatic carbocycles. The minimum Gasteiger partial charge on any atom is -0.350 e. The van der Waals surface area contributed by atoms with Crippen LogP contribution < -0.4 is 5.32 Å². The van der Waals surface area contributed by atoms with Crippen molar-refractivity contribution in [1.29, 1.82) is 0 Å². The topological polar surface area (TPSA) is 64.7 Å². The Hall–Kier alpha value is -2.11. The standard InChI is InChI=1S/C14H21N5O/c1-5-18-9-13(11(3)17-18)8-15-14(20)12(4)19-7-6-10(2)16-19/h6-7,9,12H,5,8H2,1-4H3,(H,15,20). The van der Waals surface area contributed by atoms with Crippen LogP contribution in [0.1, 0.15) is 36.8 Å². The summed E-state index contributed by atoms with van der Waals surface area (Å²) in [5, 5.41) is 11.6. The lowest BCUT2D eigenvalue weighted by Gasteiger charge is -2.12. The fraction of sp³-hybridized carbons (Fsp3) is 0.500. The molecule has 0 aliphatic heterocycles. The van der Waals surface area contributed by atoms with E-state index in [1.165, 1.54) is 0 Å². The van der Waals surface area contributed by atoms with Gasteiger partial charge in [-0.3, -0.25) is 14.2 Å². The van der Waals surface area contributed by atoms with Crippen molar-refractivity contribution in [3.63, 3.8) is 0 Å². The van der Waals surface area contributed by atoms with Crippen LogP contribution in [0.2, 0.25) is 0 Å². The second kappa shape index (κ2) is 5.90. The fourth-order valence-corrected chi connectivity index (χ4v) is 1.99. The molecular weight excluding hydrogens is 254 g/mol. The Morgan fingerprint density at radius 2 is 2.15 bits per heavy atom. The third kappa shape index (κ3) is 3.07. The molecule has 2 aromatic heterocycles. The molecule has 0 spiro atoms. The molecule has 0 fully saturated rings. The quantitative estimate of drug-likeness (QED) is 0.901. The zero-order valence-electron chi connectivity index (χ0n) is 12.4. The number of nitrogens with zero attached hydrogens (tertiary/aromatic N) is 4. The first-order valence-electron chi connectivity index (χ1n) is 6.83. The monoisotopic (exact) mass is 275 g/mol. The molecule has 20 heavy (non-hydrogen) atoms. The lowest BCUT2D eigenvalue weighted by atomic mass is 10.2. The van der Waals surface area contributed by atoms with Gasteiger partial charge in [-0.15, -0.1) is 0 Å². The zero-order valence-corrected chi connectivity index (χ0v) is 12.4. The van der Waals surface area contributed by atoms with Gasteiger partial charge in [-0.25, -0.2) is 0 Å². The van der Waals surface area contributed by atoms with Crippen LogP contribution in [0.15, 0.2) is 18.5 Å². The highest BCUT2D eigenvalue weighted by atomic mass is 16.2. The molecule has 2 aromatic rings. The van der Waals surface area contributed by atoms with Crippen LogP contribution in [0, 0.1) is 13.8 Å². The predicted molar refractivity (Wildman–Crippen MR) is 76.2 cm³/mol. The Labute approximate surface area is 118 Å². The first-order valence-corrected chi connectivity index (χ1v) is 6.83. The molecule has 0 radical (unpaired) electrons. The third-order valence-electron chi connectivity index (χ3n) is 3.34. The molecule has 0 saturated heterocycles. The summed E-state index contributed by atoms with van der Waals surface area (Å²) in [4.78, 5) is 12.1. The Balaban J connectivity index is 1.96. The first-order chi connectivity index (χ1) is 9.51. The van der Waals surface area contributed by atoms with E-state index in [-0.39, 0.29) is 11.9 Å². The number of carbonyl (C=O) groups is 1. The van der Waals surface area contributed by atoms with Crippen LogP contribution in [-0.4, -0.2) is 25.5 Å². The molecular formula is C14H21N5O. The molecule has 1 unspecified atom stereocenters. The smallest absolute Gasteiger partial charge is 0.244 e. The second-order valence-corrected chi connectivity index (χ2v) is 4.93. The largest absolute Gasteiger partial charge is 0.350 e. The summed E-state index contributed by atoms with van der Waals surface area (Å²) in [6.45, 7) is 9.06. The van der Waals surface area contributed by atoms with Gasteiger partial charge < -0.3 is 5.32 Å². The molecule has 1 N–H and O–H groups in total. The van der Waals surface area contributed by atoms with Gasteiger partial charge in [-0.2, -0.15) is 10.2 Å². The van der Waals surface area contributed by atoms with Gasteiger partial charge in [0.15, 0.2) is 0 Å². The van der Waals surface area contributed by atoms with Crippen molar-refractivity contribution in [3.8, 4) is 0 Å². The van der Waals surface area contributed by atoms with Gasteiger partial charge >= 0.3 is 0 Å². The summed E-state index contributed by atoms with van der Waals surface area (Å²) < 4.78 is 3.55. The van der Waals surface area contributed by atoms with E-state index in [1.54, 1.807) is 4.68 Å². The fourth-order valence-electron chi connectivity index (χ4n) is 1.99. The molecule has 6 nitrogen and oxygen atoms in total. The first kappa shape index (κ1) is 14.3. The van der Waals surface area contributed by atoms with E-state index < -0.39 is 0 Å². The van der Waals surface area contributed by atoms with Crippen LogP contribution in [0.5, 0.6) is 0 Å². The second-order valence-electron chi connectivity index (χ2n) is 4.93. The summed E-state index contributed by atoms with van der Waals surface area (Å²) in [6.07, 6.45) is 3.79. The number of aryl methyl sites for hydroxylation is 3. The van der Waals surface area contributed by atoms with E-state index in [4.69, 9.17) is 0 Å². The molecule has 2 rings (SSSR count). The van der Waals surface area contributed by atoms with Gasteiger partial charge in [0.05, 0.1) is 11.4 Å². The minimum absolute atomic E-state index is 0.0447. The van der Waals surface area contributed by atoms with Crippen LogP contribution in [-0.2, 0) is 17.9 Å². The molecule has 2 heterocycles. The summed E-state index contributed by atoms with van der Waals surface area (Å²) in [5.41, 5.74) is 2.91. The average Bonchev–Trinajstić information content (AvgIpc) is 3.01. The number of aromatic nitrogens is 4. The van der Waals surface area contributed by atoms with Crippen molar-refractivity contribution in [2.24, 2.45) is 0 Å². The summed E-state index contributed by atoms with van der Waals surface area (Å²) >= 11 is 0. The molecule has 0 aliphatic rings. The van der Waals surface area contributed by atoms with E-state index in [0.717, 1.165) is 23.5 Å². The van der Waals surface area contributed by atoms with Crippen LogP contribution in [0.3, 0.4) is 0 Å². The highest BCUT2D eigenvalue weighted by Crippen LogP contribution is 2.08. The lowest BCUT2D eigenvalue weighted by molar-refractivity contribution is -0.124. The van der Waals surface area contributed by atoms with Crippen LogP contribution >= 0.6 is 0 Å². The van der Waals surface area contributed by atoms with Crippen molar-refractivity contribution in [1.82, 2.24) is 24.9 Å². The lowest BCUT2D eigenvalue weighted by Crippen LogP contribution is -2.31. The molecule has 0 saturated carbocycles. The number of hydrogen-bond acceptors (Lipinski definition) is 3. The van der Waals surface area contributed by atoms with Gasteiger partial charge in [0.25, 0.3) is 0 Å². The predicted octanol–water partition coefficient (Wildman–Crippen LogP) is 1.59. The van der Waals surface area contributed by atoms with E-state index in [0.29, 0.717) is 6.54 Å². The Kier molecular flexibility index (Phi) is 4.22. The summed E-state index contributed by atoms with van der Waals surface area (Å²) in [6, 6.07) is 1.57. The number of rotatable bonds is 5. The van der Waals surface area contributed by atoms with Crippen LogP contribution in [0.4, 0.5) is 0 Å². The molecule has 108 valence electrons. The van der Waals surface area contributed by atoms with Crippen molar-refractivity contribution in [2.75, 3.05) is 0 Å². The maximum Gasteiger partial charge on any atom is 0.244 e. The maximum absolute atomic E-state index is 12.1. The Bertz CT molecular complexity index is 598. The number of amides is 1. The molecule has 6 heteroatoms. The van der Waals surface area contributed by atoms with Gasteiger partial charge in [-0.05, 0) is 33.8 Å². The minimum atomic E-state index is -0.315. The van der Waals surface area contributed by atoms with E-state index >= 15 is 0 Å². The molecule has 1 amide bonds. The highest BCUT2D eigenvalue weighted by Gasteiger charge is 2.15. The molecule has 0 aliphatic carbocycles. The van der Waals surface area contributed by atoms with E-state index in [9.17, 15) is 4.79 Å². The SMILES string of the molecule is CCn1cc(CNC(=O)C(C)n2ccc(C)n2)c(C)n1. The Morgan fingerprint density at radius 1 is 1.40 bits per heavy atom. The number of carbonyl (C=O) groups excluding carboxylic acids is 1. The average molecular weight is 275 g/mol. The van der Waals surface area contributed by atoms with Gasteiger partial charge in [0.2, 0.25) is 5.91 Å². The Morgan fingerprint density at radius 3 is 2.70 bits per heavy atom. The number of hydrogen-bond donors (Lipinski definition) is 1. The van der Waals surface area contributed by atoms with Crippen LogP contribution in [0.25, 0.3) is 0 Å². The van der Waals surface area contributed by atoms with Crippen molar-refractivity contribution < 1.29 is 4.79 Å². The summed E-state index contributed by atoms with van der Waals surface area (Å²) in [7, 11) is 0. The summed E-state index contributed by atoms with van der Waals surface area (Å²) in [5.74, 6) is -0.0447. The van der Waals surface area contributed by atoms with Crippen molar-refractivity contribution in [2.45, 2.75) is 46.8 Å². The highest BCUT2D eigenvalue weighted by molar-refractivity contribution is 5.79. The third-order valence-corrected chi connectivity index (χ3v) is 3.34. The van der Waals surface area contributed by atoms with Gasteiger partial charge in [0, 0.05) is 31.0 Å².